The SMILES string of the molecule is CCN(CC)CCOc1ccc(Nc2ccn(-c3ccccc3)n2)cc1. The molecule has 0 bridgehead atoms. The zero-order chi connectivity index (χ0) is 18.2. The maximum Gasteiger partial charge on any atom is 0.152 e. The highest BCUT2D eigenvalue weighted by Gasteiger charge is 2.03. The van der Waals surface area contributed by atoms with Gasteiger partial charge in [-0.3, -0.25) is 0 Å². The maximum atomic E-state index is 5.82. The lowest BCUT2D eigenvalue weighted by Gasteiger charge is -2.18. The Morgan fingerprint density at radius 3 is 2.38 bits per heavy atom. The quantitative estimate of drug-likeness (QED) is 0.623. The molecule has 2 aromatic carbocycles. The summed E-state index contributed by atoms with van der Waals surface area (Å²) in [6.07, 6.45) is 1.95. The van der Waals surface area contributed by atoms with Gasteiger partial charge < -0.3 is 15.0 Å². The van der Waals surface area contributed by atoms with Gasteiger partial charge in [0, 0.05) is 24.5 Å². The van der Waals surface area contributed by atoms with Crippen LogP contribution in [0.1, 0.15) is 13.8 Å². The number of rotatable bonds is 9. The lowest BCUT2D eigenvalue weighted by molar-refractivity contribution is 0.223. The molecule has 5 heteroatoms. The Labute approximate surface area is 155 Å². The molecule has 5 nitrogen and oxygen atoms in total. The van der Waals surface area contributed by atoms with Gasteiger partial charge in [-0.05, 0) is 49.5 Å². The fourth-order valence-corrected chi connectivity index (χ4v) is 2.73. The average molecular weight is 350 g/mol. The lowest BCUT2D eigenvalue weighted by atomic mass is 10.3. The van der Waals surface area contributed by atoms with Gasteiger partial charge in [-0.15, -0.1) is 0 Å². The summed E-state index contributed by atoms with van der Waals surface area (Å²) in [7, 11) is 0. The van der Waals surface area contributed by atoms with Gasteiger partial charge >= 0.3 is 0 Å². The first kappa shape index (κ1) is 18.0. The van der Waals surface area contributed by atoms with Crippen molar-refractivity contribution in [2.45, 2.75) is 13.8 Å². The van der Waals surface area contributed by atoms with E-state index in [2.05, 4.69) is 29.2 Å². The van der Waals surface area contributed by atoms with Crippen molar-refractivity contribution in [1.29, 1.82) is 0 Å². The Morgan fingerprint density at radius 2 is 1.69 bits per heavy atom. The van der Waals surface area contributed by atoms with Crippen LogP contribution in [0.2, 0.25) is 0 Å². The molecule has 0 amide bonds. The van der Waals surface area contributed by atoms with E-state index in [-0.39, 0.29) is 0 Å². The van der Waals surface area contributed by atoms with Gasteiger partial charge in [0.2, 0.25) is 0 Å². The second-order valence-electron chi connectivity index (χ2n) is 6.01. The Kier molecular flexibility index (Phi) is 6.28. The fraction of sp³-hybridized carbons (Fsp3) is 0.286. The van der Waals surface area contributed by atoms with Crippen molar-refractivity contribution in [3.05, 3.63) is 66.9 Å². The minimum atomic E-state index is 0.704. The van der Waals surface area contributed by atoms with Crippen molar-refractivity contribution in [2.75, 3.05) is 31.6 Å². The first-order valence-corrected chi connectivity index (χ1v) is 9.12. The maximum absolute atomic E-state index is 5.82. The number of hydrogen-bond acceptors (Lipinski definition) is 4. The highest BCUT2D eigenvalue weighted by Crippen LogP contribution is 2.19. The van der Waals surface area contributed by atoms with Crippen LogP contribution < -0.4 is 10.1 Å². The number of ether oxygens (including phenoxy) is 1. The molecule has 0 aliphatic rings. The molecule has 0 fully saturated rings. The second-order valence-corrected chi connectivity index (χ2v) is 6.01. The third-order valence-electron chi connectivity index (χ3n) is 4.31. The van der Waals surface area contributed by atoms with E-state index in [1.165, 1.54) is 0 Å². The summed E-state index contributed by atoms with van der Waals surface area (Å²) in [6, 6.07) is 20.0. The standard InChI is InChI=1S/C21H26N4O/c1-3-24(4-2)16-17-26-20-12-10-18(11-13-20)22-21-14-15-25(23-21)19-8-6-5-7-9-19/h5-15H,3-4,16-17H2,1-2H3,(H,22,23). The molecule has 0 unspecified atom stereocenters. The van der Waals surface area contributed by atoms with Crippen molar-refractivity contribution in [1.82, 2.24) is 14.7 Å². The third kappa shape index (κ3) is 4.86. The predicted molar refractivity (Wildman–Crippen MR) is 107 cm³/mol. The lowest BCUT2D eigenvalue weighted by Crippen LogP contribution is -2.27. The Bertz CT molecular complexity index is 779. The summed E-state index contributed by atoms with van der Waals surface area (Å²) >= 11 is 0. The molecule has 0 aliphatic carbocycles. The summed E-state index contributed by atoms with van der Waals surface area (Å²) in [6.45, 7) is 8.10. The van der Waals surface area contributed by atoms with Crippen LogP contribution in [0, 0.1) is 0 Å². The average Bonchev–Trinajstić information content (AvgIpc) is 3.16. The van der Waals surface area contributed by atoms with Gasteiger partial charge in [0.05, 0.1) is 5.69 Å². The molecule has 0 spiro atoms. The molecule has 136 valence electrons. The normalized spacial score (nSPS) is 10.9. The van der Waals surface area contributed by atoms with Crippen molar-refractivity contribution >= 4 is 11.5 Å². The third-order valence-corrected chi connectivity index (χ3v) is 4.31. The van der Waals surface area contributed by atoms with Crippen LogP contribution in [-0.2, 0) is 0 Å². The zero-order valence-corrected chi connectivity index (χ0v) is 15.4. The predicted octanol–water partition coefficient (Wildman–Crippen LogP) is 4.34. The molecule has 1 heterocycles. The van der Waals surface area contributed by atoms with Crippen LogP contribution in [0.3, 0.4) is 0 Å². The molecule has 3 aromatic rings. The zero-order valence-electron chi connectivity index (χ0n) is 15.4. The van der Waals surface area contributed by atoms with Gasteiger partial charge in [-0.2, -0.15) is 5.10 Å². The summed E-state index contributed by atoms with van der Waals surface area (Å²) < 4.78 is 7.67. The summed E-state index contributed by atoms with van der Waals surface area (Å²) in [5.41, 5.74) is 2.02. The van der Waals surface area contributed by atoms with E-state index >= 15 is 0 Å². The molecule has 0 saturated heterocycles. The van der Waals surface area contributed by atoms with Gasteiger partial charge in [-0.1, -0.05) is 32.0 Å². The highest BCUT2D eigenvalue weighted by molar-refractivity contribution is 5.57. The van der Waals surface area contributed by atoms with E-state index in [4.69, 9.17) is 4.74 Å². The summed E-state index contributed by atoms with van der Waals surface area (Å²) in [4.78, 5) is 2.35. The number of anilines is 2. The highest BCUT2D eigenvalue weighted by atomic mass is 16.5. The van der Waals surface area contributed by atoms with E-state index in [1.54, 1.807) is 0 Å². The van der Waals surface area contributed by atoms with Gasteiger partial charge in [0.25, 0.3) is 0 Å². The van der Waals surface area contributed by atoms with Crippen molar-refractivity contribution in [3.63, 3.8) is 0 Å². The van der Waals surface area contributed by atoms with Crippen molar-refractivity contribution < 1.29 is 4.74 Å². The number of nitrogens with zero attached hydrogens (tertiary/aromatic N) is 3. The van der Waals surface area contributed by atoms with Crippen molar-refractivity contribution in [2.24, 2.45) is 0 Å². The second kappa shape index (κ2) is 9.06. The molecule has 0 aliphatic heterocycles. The largest absolute Gasteiger partial charge is 0.492 e. The summed E-state index contributed by atoms with van der Waals surface area (Å²) in [5, 5.41) is 7.87. The van der Waals surface area contributed by atoms with E-state index < -0.39 is 0 Å². The number of hydrogen-bond donors (Lipinski definition) is 1. The van der Waals surface area contributed by atoms with Gasteiger partial charge in [0.15, 0.2) is 5.82 Å². The van der Waals surface area contributed by atoms with Crippen LogP contribution in [0.25, 0.3) is 5.69 Å². The van der Waals surface area contributed by atoms with E-state index in [0.717, 1.165) is 42.6 Å². The fourth-order valence-electron chi connectivity index (χ4n) is 2.73. The smallest absolute Gasteiger partial charge is 0.152 e. The van der Waals surface area contributed by atoms with Crippen LogP contribution >= 0.6 is 0 Å². The van der Waals surface area contributed by atoms with Crippen LogP contribution in [0.4, 0.5) is 11.5 Å². The van der Waals surface area contributed by atoms with Crippen LogP contribution in [0.5, 0.6) is 5.75 Å². The molecular formula is C21H26N4O. The molecule has 0 saturated carbocycles. The topological polar surface area (TPSA) is 42.3 Å². The molecule has 1 N–H and O–H groups in total. The van der Waals surface area contributed by atoms with Gasteiger partial charge in [-0.25, -0.2) is 4.68 Å². The van der Waals surface area contributed by atoms with Crippen molar-refractivity contribution in [3.8, 4) is 11.4 Å². The molecule has 0 atom stereocenters. The van der Waals surface area contributed by atoms with E-state index in [1.807, 2.05) is 71.5 Å². The first-order chi connectivity index (χ1) is 12.8. The Hall–Kier alpha value is -2.79. The molecule has 0 radical (unpaired) electrons. The van der Waals surface area contributed by atoms with Crippen LogP contribution in [-0.4, -0.2) is 40.9 Å². The van der Waals surface area contributed by atoms with Crippen LogP contribution in [0.15, 0.2) is 66.9 Å². The molecule has 26 heavy (non-hydrogen) atoms. The number of nitrogens with one attached hydrogen (secondary N) is 1. The Balaban J connectivity index is 1.54. The number of para-hydroxylation sites is 1. The van der Waals surface area contributed by atoms with Gasteiger partial charge in [0.1, 0.15) is 12.4 Å². The molecule has 3 rings (SSSR count). The van der Waals surface area contributed by atoms with E-state index in [9.17, 15) is 0 Å². The number of benzene rings is 2. The minimum Gasteiger partial charge on any atom is -0.492 e. The van der Waals surface area contributed by atoms with E-state index in [0.29, 0.717) is 6.61 Å². The monoisotopic (exact) mass is 350 g/mol. The first-order valence-electron chi connectivity index (χ1n) is 9.12. The molecule has 1 aromatic heterocycles. The summed E-state index contributed by atoms with van der Waals surface area (Å²) in [5.74, 6) is 1.70. The Morgan fingerprint density at radius 1 is 0.962 bits per heavy atom. The molecular weight excluding hydrogens is 324 g/mol. The number of likely N-dealkylation sites (N-methyl/N-ethyl adjacent to an activating group) is 1. The number of aromatic nitrogens is 2. The minimum absolute atomic E-state index is 0.704.